The molecule has 0 bridgehead atoms. The number of pyridine rings is 1. The minimum absolute atomic E-state index is 0.0291. The van der Waals surface area contributed by atoms with Gasteiger partial charge in [-0.15, -0.1) is 0 Å². The van der Waals surface area contributed by atoms with Gasteiger partial charge in [0, 0.05) is 17.7 Å². The van der Waals surface area contributed by atoms with Crippen molar-refractivity contribution in [3.05, 3.63) is 29.6 Å². The molecule has 2 aromatic heterocycles. The molecular formula is C22H35N3. The molecule has 0 amide bonds. The SMILES string of the molecule is Cc1ccc2nc(C3CCCCC3)c(NC(C)(C)CC(C)(C)C)n2c1. The van der Waals surface area contributed by atoms with Crippen LogP contribution in [-0.2, 0) is 0 Å². The van der Waals surface area contributed by atoms with Gasteiger partial charge in [0.25, 0.3) is 0 Å². The molecule has 3 heteroatoms. The first kappa shape index (κ1) is 18.3. The van der Waals surface area contributed by atoms with Gasteiger partial charge in [0.1, 0.15) is 11.5 Å². The van der Waals surface area contributed by atoms with Crippen LogP contribution in [0.4, 0.5) is 5.82 Å². The summed E-state index contributed by atoms with van der Waals surface area (Å²) in [4.78, 5) is 5.06. The Morgan fingerprint density at radius 3 is 2.40 bits per heavy atom. The van der Waals surface area contributed by atoms with Crippen molar-refractivity contribution in [2.45, 2.75) is 91.5 Å². The Morgan fingerprint density at radius 2 is 1.76 bits per heavy atom. The van der Waals surface area contributed by atoms with E-state index in [2.05, 4.69) is 69.6 Å². The summed E-state index contributed by atoms with van der Waals surface area (Å²) in [6.07, 6.45) is 9.94. The van der Waals surface area contributed by atoms with Crippen LogP contribution in [0.5, 0.6) is 0 Å². The van der Waals surface area contributed by atoms with E-state index >= 15 is 0 Å². The van der Waals surface area contributed by atoms with E-state index in [1.165, 1.54) is 49.2 Å². The molecule has 0 spiro atoms. The molecule has 0 unspecified atom stereocenters. The maximum absolute atomic E-state index is 5.06. The molecular weight excluding hydrogens is 306 g/mol. The summed E-state index contributed by atoms with van der Waals surface area (Å²) in [5.74, 6) is 1.82. The number of hydrogen-bond acceptors (Lipinski definition) is 2. The second kappa shape index (κ2) is 6.66. The highest BCUT2D eigenvalue weighted by atomic mass is 15.2. The third kappa shape index (κ3) is 4.37. The zero-order chi connectivity index (χ0) is 18.2. The largest absolute Gasteiger partial charge is 0.365 e. The molecule has 3 rings (SSSR count). The Balaban J connectivity index is 2.02. The fourth-order valence-electron chi connectivity index (χ4n) is 4.64. The summed E-state index contributed by atoms with van der Waals surface area (Å²) in [5, 5.41) is 3.89. The van der Waals surface area contributed by atoms with Gasteiger partial charge in [0.2, 0.25) is 0 Å². The van der Waals surface area contributed by atoms with E-state index in [0.29, 0.717) is 5.92 Å². The van der Waals surface area contributed by atoms with Gasteiger partial charge in [-0.1, -0.05) is 46.1 Å². The summed E-state index contributed by atoms with van der Waals surface area (Å²) in [5.41, 5.74) is 3.95. The number of nitrogens with zero attached hydrogens (tertiary/aromatic N) is 2. The van der Waals surface area contributed by atoms with E-state index in [-0.39, 0.29) is 11.0 Å². The van der Waals surface area contributed by atoms with Gasteiger partial charge in [-0.05, 0) is 57.1 Å². The molecule has 0 aromatic carbocycles. The molecule has 0 radical (unpaired) electrons. The molecule has 25 heavy (non-hydrogen) atoms. The average molecular weight is 342 g/mol. The van der Waals surface area contributed by atoms with Gasteiger partial charge in [0.05, 0.1) is 5.69 Å². The van der Waals surface area contributed by atoms with Crippen molar-refractivity contribution in [3.8, 4) is 0 Å². The fourth-order valence-corrected chi connectivity index (χ4v) is 4.64. The van der Waals surface area contributed by atoms with Crippen molar-refractivity contribution in [2.75, 3.05) is 5.32 Å². The van der Waals surface area contributed by atoms with Crippen LogP contribution >= 0.6 is 0 Å². The molecule has 3 nitrogen and oxygen atoms in total. The molecule has 1 aliphatic carbocycles. The lowest BCUT2D eigenvalue weighted by Crippen LogP contribution is -2.36. The van der Waals surface area contributed by atoms with Crippen molar-refractivity contribution in [1.29, 1.82) is 0 Å². The topological polar surface area (TPSA) is 29.3 Å². The molecule has 0 atom stereocenters. The first-order valence-corrected chi connectivity index (χ1v) is 9.91. The van der Waals surface area contributed by atoms with E-state index in [1.807, 2.05) is 0 Å². The molecule has 2 heterocycles. The van der Waals surface area contributed by atoms with Crippen molar-refractivity contribution in [1.82, 2.24) is 9.38 Å². The number of fused-ring (bicyclic) bond motifs is 1. The molecule has 138 valence electrons. The first-order valence-electron chi connectivity index (χ1n) is 9.91. The standard InChI is InChI=1S/C22H35N3/c1-16-12-13-18-23-19(17-10-8-7-9-11-17)20(25(18)14-16)24-22(5,6)15-21(2,3)4/h12-14,17,24H,7-11,15H2,1-6H3. The Labute approximate surface area is 153 Å². The van der Waals surface area contributed by atoms with Crippen LogP contribution in [0.25, 0.3) is 5.65 Å². The van der Waals surface area contributed by atoms with Crippen LogP contribution in [0.1, 0.15) is 90.3 Å². The molecule has 1 aliphatic rings. The van der Waals surface area contributed by atoms with Crippen LogP contribution in [0, 0.1) is 12.3 Å². The molecule has 1 fully saturated rings. The number of rotatable bonds is 4. The van der Waals surface area contributed by atoms with Crippen molar-refractivity contribution < 1.29 is 0 Å². The lowest BCUT2D eigenvalue weighted by Gasteiger charge is -2.35. The lowest BCUT2D eigenvalue weighted by atomic mass is 9.81. The Hall–Kier alpha value is -1.51. The molecule has 0 aliphatic heterocycles. The number of hydrogen-bond donors (Lipinski definition) is 1. The Bertz CT molecular complexity index is 728. The van der Waals surface area contributed by atoms with Gasteiger partial charge in [-0.25, -0.2) is 4.98 Å². The summed E-state index contributed by atoms with van der Waals surface area (Å²) in [6, 6.07) is 4.32. The van der Waals surface area contributed by atoms with Gasteiger partial charge in [-0.3, -0.25) is 4.40 Å². The predicted molar refractivity (Wildman–Crippen MR) is 108 cm³/mol. The maximum Gasteiger partial charge on any atom is 0.138 e. The third-order valence-electron chi connectivity index (χ3n) is 5.21. The summed E-state index contributed by atoms with van der Waals surface area (Å²) >= 11 is 0. The first-order chi connectivity index (χ1) is 11.6. The summed E-state index contributed by atoms with van der Waals surface area (Å²) < 4.78 is 2.28. The van der Waals surface area contributed by atoms with Crippen molar-refractivity contribution in [3.63, 3.8) is 0 Å². The van der Waals surface area contributed by atoms with E-state index in [1.54, 1.807) is 0 Å². The lowest BCUT2D eigenvalue weighted by molar-refractivity contribution is 0.301. The average Bonchev–Trinajstić information content (AvgIpc) is 2.83. The molecule has 1 saturated carbocycles. The van der Waals surface area contributed by atoms with E-state index in [9.17, 15) is 0 Å². The zero-order valence-electron chi connectivity index (χ0n) is 16.9. The molecule has 1 N–H and O–H groups in total. The minimum Gasteiger partial charge on any atom is -0.365 e. The van der Waals surface area contributed by atoms with E-state index in [0.717, 1.165) is 12.1 Å². The summed E-state index contributed by atoms with van der Waals surface area (Å²) in [6.45, 7) is 13.7. The normalized spacial score (nSPS) is 17.2. The predicted octanol–water partition coefficient (Wildman–Crippen LogP) is 6.32. The Kier molecular flexibility index (Phi) is 4.87. The van der Waals surface area contributed by atoms with E-state index in [4.69, 9.17) is 4.98 Å². The van der Waals surface area contributed by atoms with Gasteiger partial charge in [0.15, 0.2) is 0 Å². The summed E-state index contributed by atoms with van der Waals surface area (Å²) in [7, 11) is 0. The second-order valence-electron chi connectivity index (χ2n) is 9.86. The smallest absolute Gasteiger partial charge is 0.138 e. The van der Waals surface area contributed by atoms with Crippen molar-refractivity contribution >= 4 is 11.5 Å². The molecule has 0 saturated heterocycles. The van der Waals surface area contributed by atoms with Crippen LogP contribution < -0.4 is 5.32 Å². The third-order valence-corrected chi connectivity index (χ3v) is 5.21. The highest BCUT2D eigenvalue weighted by Crippen LogP contribution is 2.38. The van der Waals surface area contributed by atoms with E-state index < -0.39 is 0 Å². The quantitative estimate of drug-likeness (QED) is 0.705. The number of nitrogens with one attached hydrogen (secondary N) is 1. The Morgan fingerprint density at radius 1 is 1.08 bits per heavy atom. The second-order valence-corrected chi connectivity index (χ2v) is 9.86. The minimum atomic E-state index is 0.0291. The van der Waals surface area contributed by atoms with Crippen molar-refractivity contribution in [2.24, 2.45) is 5.41 Å². The highest BCUT2D eigenvalue weighted by Gasteiger charge is 2.30. The zero-order valence-corrected chi connectivity index (χ0v) is 16.9. The van der Waals surface area contributed by atoms with Gasteiger partial charge in [-0.2, -0.15) is 0 Å². The number of aromatic nitrogens is 2. The fraction of sp³-hybridized carbons (Fsp3) is 0.682. The number of anilines is 1. The number of aryl methyl sites for hydroxylation is 1. The number of imidazole rings is 1. The van der Waals surface area contributed by atoms with Crippen LogP contribution in [-0.4, -0.2) is 14.9 Å². The molecule has 2 aromatic rings. The van der Waals surface area contributed by atoms with Crippen LogP contribution in [0.2, 0.25) is 0 Å². The monoisotopic (exact) mass is 341 g/mol. The van der Waals surface area contributed by atoms with Crippen LogP contribution in [0.3, 0.4) is 0 Å². The van der Waals surface area contributed by atoms with Gasteiger partial charge < -0.3 is 5.32 Å². The maximum atomic E-state index is 5.06. The highest BCUT2D eigenvalue weighted by molar-refractivity contribution is 5.58. The van der Waals surface area contributed by atoms with Gasteiger partial charge >= 0.3 is 0 Å². The van der Waals surface area contributed by atoms with Crippen LogP contribution in [0.15, 0.2) is 18.3 Å².